The molecule has 1 aromatic carbocycles. The van der Waals surface area contributed by atoms with Crippen LogP contribution < -0.4 is 10.6 Å². The summed E-state index contributed by atoms with van der Waals surface area (Å²) in [6.45, 7) is 2.01. The van der Waals surface area contributed by atoms with E-state index in [0.717, 1.165) is 37.6 Å². The van der Waals surface area contributed by atoms with Crippen LogP contribution in [0.2, 0.25) is 0 Å². The number of imidazole rings is 1. The molecule has 1 aromatic heterocycles. The zero-order valence-corrected chi connectivity index (χ0v) is 14.9. The quantitative estimate of drug-likeness (QED) is 0.749. The van der Waals surface area contributed by atoms with Gasteiger partial charge in [-0.15, -0.1) is 0 Å². The van der Waals surface area contributed by atoms with Gasteiger partial charge in [0.1, 0.15) is 5.82 Å². The van der Waals surface area contributed by atoms with Crippen molar-refractivity contribution in [1.82, 2.24) is 25.5 Å². The Morgan fingerprint density at radius 1 is 1.30 bits per heavy atom. The molecule has 1 saturated heterocycles. The van der Waals surface area contributed by atoms with Crippen LogP contribution in [0.4, 0.5) is 4.39 Å². The maximum Gasteiger partial charge on any atom is 0.251 e. The van der Waals surface area contributed by atoms with E-state index < -0.39 is 11.7 Å². The number of H-pyrrole nitrogens is 1. The van der Waals surface area contributed by atoms with Crippen molar-refractivity contribution in [2.45, 2.75) is 24.8 Å². The molecule has 142 valence electrons. The van der Waals surface area contributed by atoms with Gasteiger partial charge in [0, 0.05) is 37.3 Å². The summed E-state index contributed by atoms with van der Waals surface area (Å²) in [4.78, 5) is 34.0. The number of benzene rings is 1. The fourth-order valence-electron chi connectivity index (χ4n) is 3.99. The number of piperidine rings is 1. The summed E-state index contributed by atoms with van der Waals surface area (Å²) >= 11 is 0. The summed E-state index contributed by atoms with van der Waals surface area (Å²) < 4.78 is 13.2. The number of carbonyl (C=O) groups excluding carboxylic acids is 2. The lowest BCUT2D eigenvalue weighted by molar-refractivity contribution is -0.132. The smallest absolute Gasteiger partial charge is 0.251 e. The molecule has 2 aliphatic rings. The van der Waals surface area contributed by atoms with E-state index in [4.69, 9.17) is 0 Å². The average molecular weight is 371 g/mol. The normalized spacial score (nSPS) is 18.2. The fraction of sp³-hybridized carbons (Fsp3) is 0.421. The van der Waals surface area contributed by atoms with Gasteiger partial charge >= 0.3 is 0 Å². The Kier molecular flexibility index (Phi) is 4.65. The number of hydrogen-bond acceptors (Lipinski definition) is 4. The number of rotatable bonds is 3. The minimum absolute atomic E-state index is 0.0938. The van der Waals surface area contributed by atoms with Gasteiger partial charge in [0.2, 0.25) is 5.91 Å². The van der Waals surface area contributed by atoms with Crippen molar-refractivity contribution in [2.75, 3.05) is 26.2 Å². The van der Waals surface area contributed by atoms with Crippen molar-refractivity contribution in [3.63, 3.8) is 0 Å². The van der Waals surface area contributed by atoms with Crippen molar-refractivity contribution in [1.29, 1.82) is 0 Å². The first kappa shape index (κ1) is 17.7. The fourth-order valence-corrected chi connectivity index (χ4v) is 3.99. The molecule has 0 atom stereocenters. The third-order valence-corrected chi connectivity index (χ3v) is 5.47. The van der Waals surface area contributed by atoms with Crippen LogP contribution in [0.1, 0.15) is 34.6 Å². The molecule has 1 spiro atoms. The first-order chi connectivity index (χ1) is 13.1. The van der Waals surface area contributed by atoms with Gasteiger partial charge < -0.3 is 20.5 Å². The second-order valence-electron chi connectivity index (χ2n) is 7.06. The predicted octanol–water partition coefficient (Wildman–Crippen LogP) is 0.942. The highest BCUT2D eigenvalue weighted by Gasteiger charge is 2.41. The number of hydrogen-bond donors (Lipinski definition) is 3. The number of aromatic nitrogens is 2. The highest BCUT2D eigenvalue weighted by molar-refractivity contribution is 5.96. The topological polar surface area (TPSA) is 90.1 Å². The molecular weight excluding hydrogens is 349 g/mol. The van der Waals surface area contributed by atoms with Gasteiger partial charge in [-0.1, -0.05) is 6.07 Å². The maximum atomic E-state index is 13.2. The van der Waals surface area contributed by atoms with Crippen molar-refractivity contribution in [3.8, 4) is 0 Å². The Hall–Kier alpha value is -2.74. The minimum atomic E-state index is -0.479. The lowest BCUT2D eigenvalue weighted by Gasteiger charge is -2.44. The molecule has 0 saturated carbocycles. The molecular formula is C19H22FN5O2. The van der Waals surface area contributed by atoms with Crippen LogP contribution in [0.15, 0.2) is 30.6 Å². The molecule has 1 fully saturated rings. The zero-order valence-electron chi connectivity index (χ0n) is 14.9. The number of fused-ring (bicyclic) bond motifs is 2. The molecule has 7 nitrogen and oxygen atoms in total. The Balaban J connectivity index is 1.33. The molecule has 0 unspecified atom stereocenters. The van der Waals surface area contributed by atoms with Crippen LogP contribution in [0.25, 0.3) is 0 Å². The molecule has 3 heterocycles. The van der Waals surface area contributed by atoms with E-state index in [1.807, 2.05) is 0 Å². The van der Waals surface area contributed by atoms with Crippen LogP contribution in [-0.2, 0) is 16.8 Å². The summed E-state index contributed by atoms with van der Waals surface area (Å²) in [5, 5.41) is 6.16. The largest absolute Gasteiger partial charge is 0.348 e. The second kappa shape index (κ2) is 7.11. The average Bonchev–Trinajstić information content (AvgIpc) is 3.17. The molecule has 0 radical (unpaired) electrons. The summed E-state index contributed by atoms with van der Waals surface area (Å²) in [5.41, 5.74) is 2.28. The zero-order chi connectivity index (χ0) is 18.9. The van der Waals surface area contributed by atoms with Gasteiger partial charge in [-0.2, -0.15) is 0 Å². The summed E-state index contributed by atoms with van der Waals surface area (Å²) in [6, 6.07) is 5.41. The molecule has 0 bridgehead atoms. The SMILES string of the molecule is O=C(NCC(=O)N1CCC2(CC1)NCCc1[nH]cnc12)c1cccc(F)c1. The Morgan fingerprint density at radius 2 is 2.11 bits per heavy atom. The first-order valence-corrected chi connectivity index (χ1v) is 9.17. The summed E-state index contributed by atoms with van der Waals surface area (Å²) in [7, 11) is 0. The number of halogens is 1. The van der Waals surface area contributed by atoms with Gasteiger partial charge in [-0.3, -0.25) is 9.59 Å². The van der Waals surface area contributed by atoms with Crippen molar-refractivity contribution in [3.05, 3.63) is 53.4 Å². The minimum Gasteiger partial charge on any atom is -0.348 e. The van der Waals surface area contributed by atoms with Crippen molar-refractivity contribution >= 4 is 11.8 Å². The van der Waals surface area contributed by atoms with E-state index in [-0.39, 0.29) is 23.6 Å². The summed E-state index contributed by atoms with van der Waals surface area (Å²) in [6.07, 6.45) is 4.24. The van der Waals surface area contributed by atoms with E-state index in [2.05, 4.69) is 20.6 Å². The van der Waals surface area contributed by atoms with Crippen LogP contribution >= 0.6 is 0 Å². The third kappa shape index (κ3) is 3.44. The first-order valence-electron chi connectivity index (χ1n) is 9.17. The lowest BCUT2D eigenvalue weighted by Crippen LogP contribution is -2.56. The Labute approximate surface area is 156 Å². The number of nitrogens with one attached hydrogen (secondary N) is 3. The van der Waals surface area contributed by atoms with Crippen LogP contribution in [-0.4, -0.2) is 52.9 Å². The number of likely N-dealkylation sites (tertiary alicyclic amines) is 1. The van der Waals surface area contributed by atoms with E-state index in [9.17, 15) is 14.0 Å². The number of carbonyl (C=O) groups is 2. The monoisotopic (exact) mass is 371 g/mol. The predicted molar refractivity (Wildman–Crippen MR) is 96.5 cm³/mol. The Bertz CT molecular complexity index is 857. The van der Waals surface area contributed by atoms with Gasteiger partial charge in [0.05, 0.1) is 24.1 Å². The highest BCUT2D eigenvalue weighted by atomic mass is 19.1. The van der Waals surface area contributed by atoms with Gasteiger partial charge in [-0.05, 0) is 31.0 Å². The molecule has 27 heavy (non-hydrogen) atoms. The standard InChI is InChI=1S/C19H22FN5O2/c20-14-3-1-2-13(10-14)18(27)21-11-16(26)25-8-5-19(6-9-25)17-15(4-7-24-19)22-12-23-17/h1-3,10,12,24H,4-9,11H2,(H,21,27)(H,22,23). The molecule has 8 heteroatoms. The maximum absolute atomic E-state index is 13.2. The van der Waals surface area contributed by atoms with E-state index in [1.54, 1.807) is 11.2 Å². The van der Waals surface area contributed by atoms with Crippen LogP contribution in [0, 0.1) is 5.82 Å². The molecule has 2 aromatic rings. The van der Waals surface area contributed by atoms with Crippen molar-refractivity contribution < 1.29 is 14.0 Å². The van der Waals surface area contributed by atoms with E-state index in [0.29, 0.717) is 13.1 Å². The molecule has 0 aliphatic carbocycles. The third-order valence-electron chi connectivity index (χ3n) is 5.47. The van der Waals surface area contributed by atoms with Gasteiger partial charge in [0.15, 0.2) is 0 Å². The molecule has 2 aliphatic heterocycles. The van der Waals surface area contributed by atoms with Crippen LogP contribution in [0.3, 0.4) is 0 Å². The van der Waals surface area contributed by atoms with E-state index >= 15 is 0 Å². The highest BCUT2D eigenvalue weighted by Crippen LogP contribution is 2.35. The lowest BCUT2D eigenvalue weighted by atomic mass is 9.80. The molecule has 3 N–H and O–H groups in total. The molecule has 4 rings (SSSR count). The number of aromatic amines is 1. The van der Waals surface area contributed by atoms with Gasteiger partial charge in [0.25, 0.3) is 5.91 Å². The van der Waals surface area contributed by atoms with E-state index in [1.165, 1.54) is 23.9 Å². The number of amides is 2. The van der Waals surface area contributed by atoms with Crippen molar-refractivity contribution in [2.24, 2.45) is 0 Å². The second-order valence-corrected chi connectivity index (χ2v) is 7.06. The molecule has 2 amide bonds. The van der Waals surface area contributed by atoms with Crippen LogP contribution in [0.5, 0.6) is 0 Å². The van der Waals surface area contributed by atoms with Gasteiger partial charge in [-0.25, -0.2) is 9.37 Å². The Morgan fingerprint density at radius 3 is 2.89 bits per heavy atom. The number of nitrogens with zero attached hydrogens (tertiary/aromatic N) is 2. The summed E-state index contributed by atoms with van der Waals surface area (Å²) in [5.74, 6) is -1.06.